The summed E-state index contributed by atoms with van der Waals surface area (Å²) in [5.74, 6) is 0.807. The molecule has 1 heterocycles. The number of hydrogen-bond acceptors (Lipinski definition) is 3. The molecule has 0 bridgehead atoms. The van der Waals surface area contributed by atoms with E-state index in [9.17, 15) is 13.2 Å². The van der Waals surface area contributed by atoms with Crippen molar-refractivity contribution in [1.82, 2.24) is 5.32 Å². The Morgan fingerprint density at radius 2 is 2.24 bits per heavy atom. The van der Waals surface area contributed by atoms with Crippen molar-refractivity contribution in [2.45, 2.75) is 25.6 Å². The van der Waals surface area contributed by atoms with E-state index in [1.54, 1.807) is 12.3 Å². The van der Waals surface area contributed by atoms with Crippen LogP contribution in [0.25, 0.3) is 0 Å². The minimum Gasteiger partial charge on any atom is -0.468 e. The first kappa shape index (κ1) is 14.1. The summed E-state index contributed by atoms with van der Waals surface area (Å²) in [5.41, 5.74) is 0. The molecule has 0 aliphatic carbocycles. The van der Waals surface area contributed by atoms with Gasteiger partial charge in [-0.15, -0.1) is 0 Å². The first-order valence-corrected chi connectivity index (χ1v) is 5.40. The van der Waals surface area contributed by atoms with Crippen LogP contribution in [0.1, 0.15) is 25.1 Å². The van der Waals surface area contributed by atoms with E-state index < -0.39 is 12.8 Å². The fraction of sp³-hybridized carbons (Fsp3) is 0.636. The summed E-state index contributed by atoms with van der Waals surface area (Å²) in [6, 6.07) is 3.69. The zero-order valence-electron chi connectivity index (χ0n) is 9.59. The highest BCUT2D eigenvalue weighted by molar-refractivity contribution is 5.02. The third-order valence-corrected chi connectivity index (χ3v) is 2.15. The largest absolute Gasteiger partial charge is 0.468 e. The third kappa shape index (κ3) is 6.33. The van der Waals surface area contributed by atoms with Gasteiger partial charge in [-0.2, -0.15) is 13.2 Å². The van der Waals surface area contributed by atoms with Crippen LogP contribution in [0.2, 0.25) is 0 Å². The monoisotopic (exact) mass is 251 g/mol. The molecule has 0 unspecified atom stereocenters. The topological polar surface area (TPSA) is 34.4 Å². The number of nitrogens with one attached hydrogen (secondary N) is 1. The second-order valence-corrected chi connectivity index (χ2v) is 3.71. The van der Waals surface area contributed by atoms with Gasteiger partial charge in [0.25, 0.3) is 0 Å². The van der Waals surface area contributed by atoms with E-state index in [-0.39, 0.29) is 12.6 Å². The van der Waals surface area contributed by atoms with Crippen molar-refractivity contribution in [3.63, 3.8) is 0 Å². The van der Waals surface area contributed by atoms with Crippen LogP contribution >= 0.6 is 0 Å². The van der Waals surface area contributed by atoms with Gasteiger partial charge in [-0.3, -0.25) is 0 Å². The average molecular weight is 251 g/mol. The Morgan fingerprint density at radius 1 is 1.47 bits per heavy atom. The number of halogens is 3. The van der Waals surface area contributed by atoms with Crippen LogP contribution in [0.15, 0.2) is 22.8 Å². The van der Waals surface area contributed by atoms with E-state index in [0.717, 1.165) is 5.76 Å². The van der Waals surface area contributed by atoms with Gasteiger partial charge in [-0.25, -0.2) is 0 Å². The molecule has 0 spiro atoms. The molecule has 0 radical (unpaired) electrons. The molecule has 6 heteroatoms. The lowest BCUT2D eigenvalue weighted by atomic mass is 10.2. The fourth-order valence-electron chi connectivity index (χ4n) is 1.32. The predicted molar refractivity (Wildman–Crippen MR) is 56.6 cm³/mol. The molecule has 1 aromatic rings. The maximum atomic E-state index is 11.7. The second kappa shape index (κ2) is 6.66. The molecule has 0 amide bonds. The highest BCUT2D eigenvalue weighted by Gasteiger charge is 2.27. The minimum absolute atomic E-state index is 0.0487. The van der Waals surface area contributed by atoms with E-state index in [1.165, 1.54) is 0 Å². The zero-order valence-corrected chi connectivity index (χ0v) is 9.59. The maximum absolute atomic E-state index is 11.7. The van der Waals surface area contributed by atoms with Gasteiger partial charge in [0.2, 0.25) is 0 Å². The number of rotatable bonds is 7. The summed E-state index contributed by atoms with van der Waals surface area (Å²) >= 11 is 0. The molecular formula is C11H16F3NO2. The summed E-state index contributed by atoms with van der Waals surface area (Å²) in [7, 11) is 0. The maximum Gasteiger partial charge on any atom is 0.411 e. The van der Waals surface area contributed by atoms with Crippen LogP contribution in [0.5, 0.6) is 0 Å². The molecule has 1 atom stereocenters. The van der Waals surface area contributed by atoms with E-state index in [1.807, 2.05) is 13.0 Å². The zero-order chi connectivity index (χ0) is 12.7. The highest BCUT2D eigenvalue weighted by atomic mass is 19.4. The van der Waals surface area contributed by atoms with Gasteiger partial charge < -0.3 is 14.5 Å². The first-order valence-electron chi connectivity index (χ1n) is 5.40. The highest BCUT2D eigenvalue weighted by Crippen LogP contribution is 2.14. The second-order valence-electron chi connectivity index (χ2n) is 3.71. The summed E-state index contributed by atoms with van der Waals surface area (Å²) < 4.78 is 44.8. The number of alkyl halides is 3. The van der Waals surface area contributed by atoms with Crippen molar-refractivity contribution in [3.8, 4) is 0 Å². The van der Waals surface area contributed by atoms with E-state index in [4.69, 9.17) is 4.42 Å². The molecule has 0 saturated carbocycles. The third-order valence-electron chi connectivity index (χ3n) is 2.15. The Hall–Kier alpha value is -1.01. The molecule has 98 valence electrons. The Kier molecular flexibility index (Phi) is 5.50. The predicted octanol–water partition coefficient (Wildman–Crippen LogP) is 2.90. The molecule has 0 aliphatic rings. The molecular weight excluding hydrogens is 235 g/mol. The van der Waals surface area contributed by atoms with Crippen LogP contribution in [0.3, 0.4) is 0 Å². The summed E-state index contributed by atoms with van der Waals surface area (Å²) in [4.78, 5) is 0. The fourth-order valence-corrected chi connectivity index (χ4v) is 1.32. The molecule has 17 heavy (non-hydrogen) atoms. The van der Waals surface area contributed by atoms with Crippen molar-refractivity contribution in [2.75, 3.05) is 19.8 Å². The normalized spacial score (nSPS) is 13.9. The summed E-state index contributed by atoms with van der Waals surface area (Å²) in [5, 5.41) is 3.13. The van der Waals surface area contributed by atoms with Crippen LogP contribution < -0.4 is 5.32 Å². The van der Waals surface area contributed by atoms with Crippen molar-refractivity contribution < 1.29 is 22.3 Å². The molecule has 1 N–H and O–H groups in total. The van der Waals surface area contributed by atoms with E-state index in [0.29, 0.717) is 13.0 Å². The van der Waals surface area contributed by atoms with E-state index >= 15 is 0 Å². The smallest absolute Gasteiger partial charge is 0.411 e. The summed E-state index contributed by atoms with van der Waals surface area (Å²) in [6.45, 7) is 1.42. The lowest BCUT2D eigenvalue weighted by molar-refractivity contribution is -0.173. The Morgan fingerprint density at radius 3 is 2.82 bits per heavy atom. The molecule has 3 nitrogen and oxygen atoms in total. The lowest BCUT2D eigenvalue weighted by Gasteiger charge is -2.11. The van der Waals surface area contributed by atoms with Gasteiger partial charge in [-0.05, 0) is 32.0 Å². The Balaban J connectivity index is 2.01. The molecule has 0 saturated heterocycles. The van der Waals surface area contributed by atoms with E-state index in [2.05, 4.69) is 10.1 Å². The summed E-state index contributed by atoms with van der Waals surface area (Å²) in [6.07, 6.45) is -2.13. The molecule has 1 aromatic heterocycles. The van der Waals surface area contributed by atoms with Crippen molar-refractivity contribution >= 4 is 0 Å². The van der Waals surface area contributed by atoms with Gasteiger partial charge in [-0.1, -0.05) is 0 Å². The minimum atomic E-state index is -4.24. The van der Waals surface area contributed by atoms with Gasteiger partial charge in [0.1, 0.15) is 12.4 Å². The lowest BCUT2D eigenvalue weighted by Crippen LogP contribution is -2.22. The molecule has 0 aliphatic heterocycles. The van der Waals surface area contributed by atoms with Gasteiger partial charge in [0, 0.05) is 6.61 Å². The Labute approximate surface area is 97.9 Å². The Bertz CT molecular complexity index is 298. The first-order chi connectivity index (χ1) is 7.99. The van der Waals surface area contributed by atoms with Crippen LogP contribution in [-0.4, -0.2) is 25.9 Å². The van der Waals surface area contributed by atoms with Gasteiger partial charge in [0.05, 0.1) is 12.3 Å². The number of hydrogen-bond donors (Lipinski definition) is 1. The van der Waals surface area contributed by atoms with Crippen LogP contribution in [0, 0.1) is 0 Å². The van der Waals surface area contributed by atoms with Crippen LogP contribution in [0.4, 0.5) is 13.2 Å². The standard InChI is InChI=1S/C11H16F3NO2/c1-9(10-4-2-7-17-10)15-5-3-6-16-8-11(12,13)14/h2,4,7,9,15H,3,5-6,8H2,1H3/t9-/m0/s1. The number of ether oxygens (including phenoxy) is 1. The van der Waals surface area contributed by atoms with Crippen molar-refractivity contribution in [1.29, 1.82) is 0 Å². The van der Waals surface area contributed by atoms with Gasteiger partial charge >= 0.3 is 6.18 Å². The van der Waals surface area contributed by atoms with Gasteiger partial charge in [0.15, 0.2) is 0 Å². The molecule has 0 fully saturated rings. The number of furan rings is 1. The SMILES string of the molecule is C[C@H](NCCCOCC(F)(F)F)c1ccco1. The quantitative estimate of drug-likeness (QED) is 0.757. The van der Waals surface area contributed by atoms with Crippen LogP contribution in [-0.2, 0) is 4.74 Å². The average Bonchev–Trinajstić information content (AvgIpc) is 2.74. The molecule has 0 aromatic carbocycles. The molecule has 1 rings (SSSR count). The van der Waals surface area contributed by atoms with Crippen molar-refractivity contribution in [3.05, 3.63) is 24.2 Å². The van der Waals surface area contributed by atoms with Crippen molar-refractivity contribution in [2.24, 2.45) is 0 Å².